The van der Waals surface area contributed by atoms with Gasteiger partial charge in [-0.3, -0.25) is 19.3 Å². The van der Waals surface area contributed by atoms with Crippen LogP contribution in [0.15, 0.2) is 41.2 Å². The number of hydrogen-bond acceptors (Lipinski definition) is 4. The molecular formula is C22H26N4O4. The molecule has 4 amide bonds. The maximum Gasteiger partial charge on any atom is 0.325 e. The lowest BCUT2D eigenvalue weighted by Crippen LogP contribution is -2.45. The fourth-order valence-electron chi connectivity index (χ4n) is 3.59. The zero-order valence-electron chi connectivity index (χ0n) is 17.4. The summed E-state index contributed by atoms with van der Waals surface area (Å²) >= 11 is 0. The fourth-order valence-corrected chi connectivity index (χ4v) is 3.59. The lowest BCUT2D eigenvalue weighted by Gasteiger charge is -2.21. The molecule has 0 radical (unpaired) electrons. The van der Waals surface area contributed by atoms with Crippen molar-refractivity contribution in [2.45, 2.75) is 45.7 Å². The van der Waals surface area contributed by atoms with E-state index in [0.717, 1.165) is 21.7 Å². The third-order valence-corrected chi connectivity index (χ3v) is 5.36. The van der Waals surface area contributed by atoms with E-state index >= 15 is 0 Å². The monoisotopic (exact) mass is 410 g/mol. The van der Waals surface area contributed by atoms with Crippen LogP contribution in [0.2, 0.25) is 0 Å². The van der Waals surface area contributed by atoms with Crippen molar-refractivity contribution in [3.05, 3.63) is 69.1 Å². The van der Waals surface area contributed by atoms with Crippen LogP contribution in [0, 0.1) is 13.8 Å². The molecule has 2 heterocycles. The number of pyridine rings is 1. The summed E-state index contributed by atoms with van der Waals surface area (Å²) in [6, 6.07) is 10.9. The highest BCUT2D eigenvalue weighted by molar-refractivity contribution is 6.08. The fraction of sp³-hybridized carbons (Fsp3) is 0.364. The molecule has 2 aromatic rings. The first-order valence-electron chi connectivity index (χ1n) is 9.84. The van der Waals surface area contributed by atoms with Crippen LogP contribution >= 0.6 is 0 Å². The van der Waals surface area contributed by atoms with Crippen molar-refractivity contribution in [3.8, 4) is 0 Å². The Bertz CT molecular complexity index is 1030. The van der Waals surface area contributed by atoms with Crippen LogP contribution in [0.3, 0.4) is 0 Å². The van der Waals surface area contributed by atoms with E-state index in [1.165, 1.54) is 0 Å². The Morgan fingerprint density at radius 2 is 1.83 bits per heavy atom. The minimum Gasteiger partial charge on any atom is -0.350 e. The van der Waals surface area contributed by atoms with Gasteiger partial charge in [0.2, 0.25) is 5.91 Å². The Morgan fingerprint density at radius 1 is 1.13 bits per heavy atom. The molecule has 0 saturated carbocycles. The minimum atomic E-state index is -1.06. The summed E-state index contributed by atoms with van der Waals surface area (Å²) in [6.07, 6.45) is 1.05. The largest absolute Gasteiger partial charge is 0.350 e. The maximum absolute atomic E-state index is 12.8. The van der Waals surface area contributed by atoms with Gasteiger partial charge in [-0.05, 0) is 50.8 Å². The minimum absolute atomic E-state index is 0.0230. The Balaban J connectivity index is 1.59. The number of imide groups is 1. The molecule has 1 fully saturated rings. The predicted molar refractivity (Wildman–Crippen MR) is 112 cm³/mol. The molecule has 1 aromatic carbocycles. The number of aromatic nitrogens is 1. The molecular weight excluding hydrogens is 384 g/mol. The van der Waals surface area contributed by atoms with Gasteiger partial charge in [0.05, 0.1) is 0 Å². The van der Waals surface area contributed by atoms with E-state index in [2.05, 4.69) is 15.6 Å². The van der Waals surface area contributed by atoms with Gasteiger partial charge in [0.15, 0.2) is 0 Å². The van der Waals surface area contributed by atoms with Crippen molar-refractivity contribution in [1.29, 1.82) is 0 Å². The van der Waals surface area contributed by atoms with Gasteiger partial charge in [0.25, 0.3) is 11.5 Å². The molecule has 1 aromatic heterocycles. The number of carbonyl (C=O) groups excluding carboxylic acids is 3. The van der Waals surface area contributed by atoms with E-state index < -0.39 is 29.9 Å². The third kappa shape index (κ3) is 4.59. The molecule has 0 bridgehead atoms. The molecule has 8 heteroatoms. The van der Waals surface area contributed by atoms with Gasteiger partial charge < -0.3 is 15.6 Å². The summed E-state index contributed by atoms with van der Waals surface area (Å²) in [5, 5.41) is 5.33. The van der Waals surface area contributed by atoms with Gasteiger partial charge in [-0.15, -0.1) is 0 Å². The molecule has 1 saturated heterocycles. The second kappa shape index (κ2) is 8.52. The van der Waals surface area contributed by atoms with E-state index in [4.69, 9.17) is 0 Å². The SMILES string of the molecule is Cc1cc(C)c(CNC(=O)CN2C(=O)N[C@@](C)(CCc3ccccc3)C2=O)c(=O)[nH]1. The highest BCUT2D eigenvalue weighted by atomic mass is 16.2. The predicted octanol–water partition coefficient (Wildman–Crippen LogP) is 1.55. The lowest BCUT2D eigenvalue weighted by molar-refractivity contribution is -0.134. The molecule has 0 unspecified atom stereocenters. The number of H-pyrrole nitrogens is 1. The highest BCUT2D eigenvalue weighted by Gasteiger charge is 2.47. The number of urea groups is 1. The number of rotatable bonds is 7. The summed E-state index contributed by atoms with van der Waals surface area (Å²) in [5.74, 6) is -0.937. The van der Waals surface area contributed by atoms with E-state index in [1.807, 2.05) is 36.4 Å². The normalized spacial score (nSPS) is 18.4. The summed E-state index contributed by atoms with van der Waals surface area (Å²) < 4.78 is 0. The number of nitrogens with zero attached hydrogens (tertiary/aromatic N) is 1. The zero-order chi connectivity index (χ0) is 21.9. The van der Waals surface area contributed by atoms with Crippen molar-refractivity contribution < 1.29 is 14.4 Å². The molecule has 3 rings (SSSR count). The quantitative estimate of drug-likeness (QED) is 0.601. The molecule has 8 nitrogen and oxygen atoms in total. The van der Waals surface area contributed by atoms with Crippen molar-refractivity contribution in [2.75, 3.05) is 6.54 Å². The maximum atomic E-state index is 12.8. The smallest absolute Gasteiger partial charge is 0.325 e. The Morgan fingerprint density at radius 3 is 2.50 bits per heavy atom. The van der Waals surface area contributed by atoms with Crippen LogP contribution in [-0.4, -0.2) is 39.8 Å². The van der Waals surface area contributed by atoms with E-state index in [9.17, 15) is 19.2 Å². The van der Waals surface area contributed by atoms with Gasteiger partial charge in [0.1, 0.15) is 12.1 Å². The summed E-state index contributed by atoms with van der Waals surface area (Å²) in [7, 11) is 0. The van der Waals surface area contributed by atoms with Gasteiger partial charge in [0, 0.05) is 17.8 Å². The Labute approximate surface area is 174 Å². The zero-order valence-corrected chi connectivity index (χ0v) is 17.4. The van der Waals surface area contributed by atoms with Crippen molar-refractivity contribution in [1.82, 2.24) is 20.5 Å². The van der Waals surface area contributed by atoms with Crippen LogP contribution in [0.25, 0.3) is 0 Å². The van der Waals surface area contributed by atoms with Crippen LogP contribution < -0.4 is 16.2 Å². The number of amides is 4. The average molecular weight is 410 g/mol. The molecule has 1 aliphatic heterocycles. The molecule has 30 heavy (non-hydrogen) atoms. The Hall–Kier alpha value is -3.42. The van der Waals surface area contributed by atoms with Crippen molar-refractivity contribution >= 4 is 17.8 Å². The van der Waals surface area contributed by atoms with E-state index in [1.54, 1.807) is 20.8 Å². The molecule has 0 spiro atoms. The van der Waals surface area contributed by atoms with Crippen molar-refractivity contribution in [2.24, 2.45) is 0 Å². The van der Waals surface area contributed by atoms with E-state index in [-0.39, 0.29) is 12.1 Å². The number of aromatic amines is 1. The molecule has 1 aliphatic rings. The average Bonchev–Trinajstić information content (AvgIpc) is 2.90. The summed E-state index contributed by atoms with van der Waals surface area (Å²) in [5.41, 5.74) is 1.69. The van der Waals surface area contributed by atoms with Gasteiger partial charge >= 0.3 is 6.03 Å². The highest BCUT2D eigenvalue weighted by Crippen LogP contribution is 2.23. The third-order valence-electron chi connectivity index (χ3n) is 5.36. The molecule has 158 valence electrons. The first kappa shape index (κ1) is 21.3. The second-order valence-corrected chi connectivity index (χ2v) is 7.86. The first-order valence-corrected chi connectivity index (χ1v) is 9.84. The summed E-state index contributed by atoms with van der Waals surface area (Å²) in [4.78, 5) is 53.2. The lowest BCUT2D eigenvalue weighted by atomic mass is 9.93. The molecule has 1 atom stereocenters. The number of aryl methyl sites for hydroxylation is 3. The number of carbonyl (C=O) groups is 3. The van der Waals surface area contributed by atoms with Crippen LogP contribution in [0.1, 0.15) is 35.7 Å². The first-order chi connectivity index (χ1) is 14.2. The van der Waals surface area contributed by atoms with Gasteiger partial charge in [-0.2, -0.15) is 0 Å². The standard InChI is InChI=1S/C22H26N4O4/c1-14-11-15(2)24-19(28)17(14)12-23-18(27)13-26-20(29)22(3,25-21(26)30)10-9-16-7-5-4-6-8-16/h4-8,11H,9-10,12-13H2,1-3H3,(H,23,27)(H,24,28)(H,25,30)/t22-/m0/s1. The molecule has 3 N–H and O–H groups in total. The van der Waals surface area contributed by atoms with E-state index in [0.29, 0.717) is 18.4 Å². The van der Waals surface area contributed by atoms with Crippen LogP contribution in [0.4, 0.5) is 4.79 Å². The van der Waals surface area contributed by atoms with Gasteiger partial charge in [-0.1, -0.05) is 30.3 Å². The number of hydrogen-bond donors (Lipinski definition) is 3. The number of benzene rings is 1. The summed E-state index contributed by atoms with van der Waals surface area (Å²) in [6.45, 7) is 4.87. The van der Waals surface area contributed by atoms with Crippen LogP contribution in [0.5, 0.6) is 0 Å². The second-order valence-electron chi connectivity index (χ2n) is 7.86. The van der Waals surface area contributed by atoms with Crippen LogP contribution in [-0.2, 0) is 22.6 Å². The topological polar surface area (TPSA) is 111 Å². The van der Waals surface area contributed by atoms with Gasteiger partial charge in [-0.25, -0.2) is 4.79 Å². The van der Waals surface area contributed by atoms with Crippen molar-refractivity contribution in [3.63, 3.8) is 0 Å². The Kier molecular flexibility index (Phi) is 6.05. The molecule has 0 aliphatic carbocycles. The number of nitrogens with one attached hydrogen (secondary N) is 3.